The van der Waals surface area contributed by atoms with Crippen molar-refractivity contribution >= 4 is 10.0 Å². The van der Waals surface area contributed by atoms with Crippen LogP contribution in [0.2, 0.25) is 0 Å². The molecule has 0 aliphatic carbocycles. The molecule has 4 rings (SSSR count). The second kappa shape index (κ2) is 8.04. The van der Waals surface area contributed by atoms with E-state index in [1.54, 1.807) is 28.6 Å². The first kappa shape index (κ1) is 19.7. The Morgan fingerprint density at radius 2 is 1.69 bits per heavy atom. The Kier molecular flexibility index (Phi) is 5.47. The van der Waals surface area contributed by atoms with Gasteiger partial charge in [0.15, 0.2) is 0 Å². The van der Waals surface area contributed by atoms with Gasteiger partial charge in [-0.1, -0.05) is 29.8 Å². The Bertz CT molecular complexity index is 1100. The molecule has 2 aromatic heterocycles. The van der Waals surface area contributed by atoms with Crippen LogP contribution >= 0.6 is 0 Å². The van der Waals surface area contributed by atoms with Crippen LogP contribution in [-0.2, 0) is 16.4 Å². The zero-order valence-electron chi connectivity index (χ0n) is 16.6. The fourth-order valence-corrected chi connectivity index (χ4v) is 4.91. The highest BCUT2D eigenvalue weighted by Crippen LogP contribution is 2.22. The minimum Gasteiger partial charge on any atom is -0.339 e. The molecule has 0 spiro atoms. The van der Waals surface area contributed by atoms with Gasteiger partial charge in [-0.3, -0.25) is 0 Å². The number of hydrogen-bond donors (Lipinski definition) is 0. The fraction of sp³-hybridized carbons (Fsp3) is 0.381. The van der Waals surface area contributed by atoms with E-state index >= 15 is 0 Å². The molecule has 0 unspecified atom stereocenters. The predicted octanol–water partition coefficient (Wildman–Crippen LogP) is 3.51. The van der Waals surface area contributed by atoms with E-state index in [0.717, 1.165) is 36.1 Å². The van der Waals surface area contributed by atoms with Gasteiger partial charge in [0.1, 0.15) is 5.69 Å². The molecule has 1 fully saturated rings. The van der Waals surface area contributed by atoms with E-state index < -0.39 is 10.0 Å². The monoisotopic (exact) mass is 412 g/mol. The highest BCUT2D eigenvalue weighted by molar-refractivity contribution is 7.89. The van der Waals surface area contributed by atoms with Crippen LogP contribution in [0, 0.1) is 13.8 Å². The topological polar surface area (TPSA) is 89.2 Å². The van der Waals surface area contributed by atoms with Gasteiger partial charge in [0.2, 0.25) is 21.7 Å². The van der Waals surface area contributed by atoms with Gasteiger partial charge in [0.05, 0.1) is 11.3 Å². The largest absolute Gasteiger partial charge is 0.339 e. The van der Waals surface area contributed by atoms with E-state index in [0.29, 0.717) is 41.8 Å². The minimum absolute atomic E-state index is 0.327. The summed E-state index contributed by atoms with van der Waals surface area (Å²) in [6.07, 6.45) is 3.37. The average molecular weight is 413 g/mol. The molecular weight excluding hydrogens is 388 g/mol. The lowest BCUT2D eigenvalue weighted by Gasteiger charge is -2.25. The van der Waals surface area contributed by atoms with Crippen LogP contribution in [0.3, 0.4) is 0 Å². The molecule has 7 nitrogen and oxygen atoms in total. The number of nitrogens with zero attached hydrogens (tertiary/aromatic N) is 4. The third-order valence-electron chi connectivity index (χ3n) is 5.28. The molecule has 0 amide bonds. The summed E-state index contributed by atoms with van der Waals surface area (Å²) in [4.78, 5) is 9.24. The fourth-order valence-electron chi connectivity index (χ4n) is 3.39. The molecule has 0 bridgehead atoms. The predicted molar refractivity (Wildman–Crippen MR) is 109 cm³/mol. The van der Waals surface area contributed by atoms with Crippen molar-refractivity contribution in [3.05, 3.63) is 59.1 Å². The first-order chi connectivity index (χ1) is 13.9. The Morgan fingerprint density at radius 3 is 2.38 bits per heavy atom. The minimum atomic E-state index is -3.42. The van der Waals surface area contributed by atoms with Crippen molar-refractivity contribution in [3.63, 3.8) is 0 Å². The van der Waals surface area contributed by atoms with Crippen LogP contribution in [-0.4, -0.2) is 40.9 Å². The number of sulfonamides is 1. The number of rotatable bonds is 5. The van der Waals surface area contributed by atoms with E-state index in [1.807, 2.05) is 26.0 Å². The Morgan fingerprint density at radius 1 is 0.966 bits per heavy atom. The van der Waals surface area contributed by atoms with Gasteiger partial charge in [-0.05, 0) is 56.0 Å². The summed E-state index contributed by atoms with van der Waals surface area (Å²) in [5.74, 6) is 0.916. The van der Waals surface area contributed by atoms with Gasteiger partial charge in [-0.25, -0.2) is 13.4 Å². The van der Waals surface area contributed by atoms with E-state index in [1.165, 1.54) is 0 Å². The van der Waals surface area contributed by atoms with Crippen molar-refractivity contribution in [1.29, 1.82) is 0 Å². The van der Waals surface area contributed by atoms with Crippen LogP contribution in [0.1, 0.15) is 42.0 Å². The van der Waals surface area contributed by atoms with Gasteiger partial charge >= 0.3 is 0 Å². The molecule has 0 radical (unpaired) electrons. The molecule has 0 saturated carbocycles. The van der Waals surface area contributed by atoms with Crippen LogP contribution in [0.5, 0.6) is 0 Å². The normalized spacial score (nSPS) is 15.5. The summed E-state index contributed by atoms with van der Waals surface area (Å²) in [5, 5.41) is 4.02. The molecule has 29 heavy (non-hydrogen) atoms. The van der Waals surface area contributed by atoms with Crippen molar-refractivity contribution in [2.75, 3.05) is 13.1 Å². The summed E-state index contributed by atoms with van der Waals surface area (Å²) in [6, 6.07) is 10.8. The zero-order valence-corrected chi connectivity index (χ0v) is 17.4. The maximum atomic E-state index is 12.7. The second-order valence-electron chi connectivity index (χ2n) is 7.40. The molecule has 152 valence electrons. The number of benzene rings is 1. The Hall–Kier alpha value is -2.58. The van der Waals surface area contributed by atoms with Crippen molar-refractivity contribution in [1.82, 2.24) is 19.4 Å². The molecular formula is C21H24N4O3S. The molecule has 1 saturated heterocycles. The van der Waals surface area contributed by atoms with Crippen LogP contribution < -0.4 is 0 Å². The highest BCUT2D eigenvalue weighted by Gasteiger charge is 2.25. The number of hydrogen-bond acceptors (Lipinski definition) is 6. The SMILES string of the molecule is Cc1ccc(-c2noc(Cc3ccc(S(=O)(=O)N4CCCCC4)cc3)n2)nc1C. The Balaban J connectivity index is 1.48. The van der Waals surface area contributed by atoms with E-state index in [4.69, 9.17) is 4.52 Å². The molecule has 0 N–H and O–H groups in total. The third-order valence-corrected chi connectivity index (χ3v) is 7.19. The van der Waals surface area contributed by atoms with Crippen LogP contribution in [0.4, 0.5) is 0 Å². The number of piperidine rings is 1. The summed E-state index contributed by atoms with van der Waals surface area (Å²) >= 11 is 0. The van der Waals surface area contributed by atoms with Gasteiger partial charge < -0.3 is 4.52 Å². The van der Waals surface area contributed by atoms with Crippen molar-refractivity contribution in [2.24, 2.45) is 0 Å². The Labute approximate surface area is 170 Å². The summed E-state index contributed by atoms with van der Waals surface area (Å²) < 4.78 is 32.4. The van der Waals surface area contributed by atoms with Gasteiger partial charge in [-0.2, -0.15) is 9.29 Å². The molecule has 3 heterocycles. The first-order valence-electron chi connectivity index (χ1n) is 9.80. The van der Waals surface area contributed by atoms with Gasteiger partial charge in [0.25, 0.3) is 0 Å². The van der Waals surface area contributed by atoms with Crippen molar-refractivity contribution < 1.29 is 12.9 Å². The number of aryl methyl sites for hydroxylation is 2. The zero-order chi connectivity index (χ0) is 20.4. The van der Waals surface area contributed by atoms with Crippen molar-refractivity contribution in [3.8, 4) is 11.5 Å². The van der Waals surface area contributed by atoms with Gasteiger partial charge in [0, 0.05) is 18.8 Å². The standard InChI is InChI=1S/C21H24N4O3S/c1-15-6-11-19(22-16(15)2)21-23-20(28-24-21)14-17-7-9-18(10-8-17)29(26,27)25-12-4-3-5-13-25/h6-11H,3-5,12-14H2,1-2H3. The van der Waals surface area contributed by atoms with Crippen molar-refractivity contribution in [2.45, 2.75) is 44.4 Å². The molecule has 8 heteroatoms. The first-order valence-corrected chi connectivity index (χ1v) is 11.2. The molecule has 1 aliphatic rings. The second-order valence-corrected chi connectivity index (χ2v) is 9.33. The average Bonchev–Trinajstić information content (AvgIpc) is 3.19. The molecule has 0 atom stereocenters. The van der Waals surface area contributed by atoms with Crippen LogP contribution in [0.15, 0.2) is 45.8 Å². The quantitative estimate of drug-likeness (QED) is 0.637. The maximum absolute atomic E-state index is 12.7. The smallest absolute Gasteiger partial charge is 0.243 e. The lowest BCUT2D eigenvalue weighted by molar-refractivity contribution is 0.346. The lowest BCUT2D eigenvalue weighted by Crippen LogP contribution is -2.35. The van der Waals surface area contributed by atoms with E-state index in [2.05, 4.69) is 15.1 Å². The lowest BCUT2D eigenvalue weighted by atomic mass is 10.1. The van der Waals surface area contributed by atoms with E-state index in [9.17, 15) is 8.42 Å². The molecule has 1 aromatic carbocycles. The number of pyridine rings is 1. The summed E-state index contributed by atoms with van der Waals surface area (Å²) in [7, 11) is -3.42. The van der Waals surface area contributed by atoms with E-state index in [-0.39, 0.29) is 0 Å². The summed E-state index contributed by atoms with van der Waals surface area (Å²) in [5.41, 5.74) is 3.62. The number of aromatic nitrogens is 3. The van der Waals surface area contributed by atoms with Crippen LogP contribution in [0.25, 0.3) is 11.5 Å². The molecule has 3 aromatic rings. The third kappa shape index (κ3) is 4.23. The molecule has 1 aliphatic heterocycles. The summed E-state index contributed by atoms with van der Waals surface area (Å²) in [6.45, 7) is 5.14. The van der Waals surface area contributed by atoms with Gasteiger partial charge in [-0.15, -0.1) is 0 Å². The maximum Gasteiger partial charge on any atom is 0.243 e. The highest BCUT2D eigenvalue weighted by atomic mass is 32.2.